The summed E-state index contributed by atoms with van der Waals surface area (Å²) in [6, 6.07) is 2.94. The first kappa shape index (κ1) is 15.4. The van der Waals surface area contributed by atoms with E-state index in [-0.39, 0.29) is 12.1 Å². The van der Waals surface area contributed by atoms with Gasteiger partial charge in [0.1, 0.15) is 5.60 Å². The molecule has 0 atom stereocenters. The zero-order chi connectivity index (χ0) is 14.6. The van der Waals surface area contributed by atoms with Gasteiger partial charge in [0.15, 0.2) is 0 Å². The van der Waals surface area contributed by atoms with Crippen LogP contribution in [-0.2, 0) is 4.74 Å². The summed E-state index contributed by atoms with van der Waals surface area (Å²) < 4.78 is 6.43. The van der Waals surface area contributed by atoms with Crippen LogP contribution in [-0.4, -0.2) is 22.9 Å². The maximum atomic E-state index is 12.1. The van der Waals surface area contributed by atoms with E-state index in [4.69, 9.17) is 4.74 Å². The van der Waals surface area contributed by atoms with Crippen molar-refractivity contribution < 1.29 is 9.53 Å². The topological polar surface area (TPSA) is 51.5 Å². The molecular formula is C13H18N2O3S. The lowest BCUT2D eigenvalue weighted by molar-refractivity contribution is 0.0542. The van der Waals surface area contributed by atoms with Crippen LogP contribution in [0.15, 0.2) is 40.7 Å². The van der Waals surface area contributed by atoms with Gasteiger partial charge in [0, 0.05) is 17.2 Å². The second kappa shape index (κ2) is 5.97. The molecule has 0 aromatic carbocycles. The largest absolute Gasteiger partial charge is 0.442 e. The fraction of sp³-hybridized carbons (Fsp3) is 0.385. The Kier molecular flexibility index (Phi) is 4.83. The Hall–Kier alpha value is -1.69. The van der Waals surface area contributed by atoms with Crippen LogP contribution in [0.5, 0.6) is 0 Å². The van der Waals surface area contributed by atoms with Gasteiger partial charge in [0.05, 0.1) is 6.54 Å². The molecule has 0 aliphatic heterocycles. The van der Waals surface area contributed by atoms with Crippen molar-refractivity contribution >= 4 is 18.7 Å². The SMILES string of the molecule is C=CCN(C(=O)OC(C)(C)C)n1ccc(S)cc1=O. The molecule has 1 amide bonds. The number of hydrogen-bond donors (Lipinski definition) is 1. The van der Waals surface area contributed by atoms with Crippen molar-refractivity contribution in [3.8, 4) is 0 Å². The first-order chi connectivity index (χ1) is 8.74. The van der Waals surface area contributed by atoms with Crippen LogP contribution < -0.4 is 10.6 Å². The molecule has 0 aliphatic carbocycles. The van der Waals surface area contributed by atoms with Crippen LogP contribution >= 0.6 is 12.6 Å². The van der Waals surface area contributed by atoms with Gasteiger partial charge in [-0.3, -0.25) is 4.79 Å². The lowest BCUT2D eigenvalue weighted by Crippen LogP contribution is -2.48. The van der Waals surface area contributed by atoms with Crippen LogP contribution in [0.1, 0.15) is 20.8 Å². The number of carbonyl (C=O) groups excluding carboxylic acids is 1. The van der Waals surface area contributed by atoms with Gasteiger partial charge in [-0.1, -0.05) is 6.08 Å². The molecule has 0 radical (unpaired) electrons. The Morgan fingerprint density at radius 1 is 1.58 bits per heavy atom. The Bertz CT molecular complexity index is 531. The van der Waals surface area contributed by atoms with Gasteiger partial charge in [0.2, 0.25) is 0 Å². The van der Waals surface area contributed by atoms with E-state index >= 15 is 0 Å². The minimum absolute atomic E-state index is 0.167. The van der Waals surface area contributed by atoms with Gasteiger partial charge >= 0.3 is 6.09 Å². The van der Waals surface area contributed by atoms with Crippen LogP contribution in [0.2, 0.25) is 0 Å². The van der Waals surface area contributed by atoms with E-state index in [2.05, 4.69) is 19.2 Å². The van der Waals surface area contributed by atoms with Crippen LogP contribution in [0, 0.1) is 0 Å². The number of carbonyl (C=O) groups is 1. The first-order valence-electron chi connectivity index (χ1n) is 5.78. The summed E-state index contributed by atoms with van der Waals surface area (Å²) in [5, 5.41) is 1.17. The lowest BCUT2D eigenvalue weighted by atomic mass is 10.2. The van der Waals surface area contributed by atoms with E-state index in [0.717, 1.165) is 0 Å². The highest BCUT2D eigenvalue weighted by molar-refractivity contribution is 7.80. The highest BCUT2D eigenvalue weighted by Crippen LogP contribution is 2.09. The molecule has 19 heavy (non-hydrogen) atoms. The summed E-state index contributed by atoms with van der Waals surface area (Å²) in [5.74, 6) is 0. The van der Waals surface area contributed by atoms with E-state index in [1.807, 2.05) is 0 Å². The fourth-order valence-corrected chi connectivity index (χ4v) is 1.53. The van der Waals surface area contributed by atoms with E-state index in [9.17, 15) is 9.59 Å². The third-order valence-electron chi connectivity index (χ3n) is 2.05. The van der Waals surface area contributed by atoms with Gasteiger partial charge in [-0.15, -0.1) is 19.2 Å². The van der Waals surface area contributed by atoms with Crippen LogP contribution in [0.4, 0.5) is 4.79 Å². The zero-order valence-corrected chi connectivity index (χ0v) is 12.2. The van der Waals surface area contributed by atoms with Crippen LogP contribution in [0.3, 0.4) is 0 Å². The molecule has 0 saturated heterocycles. The van der Waals surface area contributed by atoms with E-state index < -0.39 is 11.7 Å². The normalized spacial score (nSPS) is 10.9. The number of ether oxygens (including phenoxy) is 1. The lowest BCUT2D eigenvalue weighted by Gasteiger charge is -2.27. The third kappa shape index (κ3) is 4.48. The van der Waals surface area contributed by atoms with Crippen molar-refractivity contribution in [1.29, 1.82) is 0 Å². The number of thiol groups is 1. The number of pyridine rings is 1. The number of hydrogen-bond acceptors (Lipinski definition) is 4. The highest BCUT2D eigenvalue weighted by atomic mass is 32.1. The van der Waals surface area contributed by atoms with Gasteiger partial charge < -0.3 is 4.74 Å². The number of aromatic nitrogens is 1. The fourth-order valence-electron chi connectivity index (χ4n) is 1.35. The third-order valence-corrected chi connectivity index (χ3v) is 2.33. The maximum Gasteiger partial charge on any atom is 0.430 e. The molecule has 0 fully saturated rings. The summed E-state index contributed by atoms with van der Waals surface area (Å²) in [6.45, 7) is 9.02. The van der Waals surface area contributed by atoms with Gasteiger partial charge in [-0.25, -0.2) is 14.5 Å². The molecule has 0 unspecified atom stereocenters. The average molecular weight is 282 g/mol. The van der Waals surface area contributed by atoms with Gasteiger partial charge in [-0.05, 0) is 26.8 Å². The number of amides is 1. The summed E-state index contributed by atoms with van der Waals surface area (Å²) in [5.41, 5.74) is -0.996. The molecule has 1 heterocycles. The molecule has 0 aliphatic rings. The second-order valence-electron chi connectivity index (χ2n) is 4.92. The zero-order valence-electron chi connectivity index (χ0n) is 11.3. The Morgan fingerprint density at radius 3 is 2.68 bits per heavy atom. The molecule has 0 saturated carbocycles. The highest BCUT2D eigenvalue weighted by Gasteiger charge is 2.23. The van der Waals surface area contributed by atoms with E-state index in [1.165, 1.54) is 28.0 Å². The maximum absolute atomic E-state index is 12.1. The molecule has 1 aromatic heterocycles. The Balaban J connectivity index is 3.10. The summed E-state index contributed by atoms with van der Waals surface area (Å²) >= 11 is 4.07. The Morgan fingerprint density at radius 2 is 2.21 bits per heavy atom. The molecule has 5 nitrogen and oxygen atoms in total. The minimum atomic E-state index is -0.635. The van der Waals surface area contributed by atoms with Crippen molar-refractivity contribution in [2.45, 2.75) is 31.3 Å². The molecule has 0 bridgehead atoms. The van der Waals surface area contributed by atoms with Gasteiger partial charge in [0.25, 0.3) is 5.56 Å². The standard InChI is InChI=1S/C13H18N2O3S/c1-5-7-15(12(17)18-13(2,3)4)14-8-6-10(19)9-11(14)16/h5-6,8-9,19H,1,7H2,2-4H3. The number of nitrogens with zero attached hydrogens (tertiary/aromatic N) is 2. The van der Waals surface area contributed by atoms with Gasteiger partial charge in [-0.2, -0.15) is 0 Å². The summed E-state index contributed by atoms with van der Waals surface area (Å²) in [4.78, 5) is 24.5. The van der Waals surface area contributed by atoms with Crippen molar-refractivity contribution in [2.75, 3.05) is 11.6 Å². The predicted molar refractivity (Wildman–Crippen MR) is 77.5 cm³/mol. The molecular weight excluding hydrogens is 264 g/mol. The molecule has 6 heteroatoms. The summed E-state index contributed by atoms with van der Waals surface area (Å²) in [7, 11) is 0. The number of rotatable bonds is 3. The molecule has 104 valence electrons. The van der Waals surface area contributed by atoms with E-state index in [0.29, 0.717) is 4.90 Å². The molecule has 0 spiro atoms. The average Bonchev–Trinajstić information content (AvgIpc) is 2.24. The molecule has 1 aromatic rings. The van der Waals surface area contributed by atoms with Crippen LogP contribution in [0.25, 0.3) is 0 Å². The second-order valence-corrected chi connectivity index (χ2v) is 5.44. The quantitative estimate of drug-likeness (QED) is 0.683. The summed E-state index contributed by atoms with van der Waals surface area (Å²) in [6.07, 6.45) is 2.38. The van der Waals surface area contributed by atoms with Crippen molar-refractivity contribution in [2.24, 2.45) is 0 Å². The smallest absolute Gasteiger partial charge is 0.430 e. The first-order valence-corrected chi connectivity index (χ1v) is 6.22. The van der Waals surface area contributed by atoms with Crippen molar-refractivity contribution in [1.82, 2.24) is 4.68 Å². The predicted octanol–water partition coefficient (Wildman–Crippen LogP) is 2.20. The van der Waals surface area contributed by atoms with E-state index in [1.54, 1.807) is 26.8 Å². The Labute approximate surface area is 117 Å². The van der Waals surface area contributed by atoms with Crippen molar-refractivity contribution in [3.63, 3.8) is 0 Å². The molecule has 1 rings (SSSR count). The minimum Gasteiger partial charge on any atom is -0.442 e. The molecule has 0 N–H and O–H groups in total. The van der Waals surface area contributed by atoms with Crippen molar-refractivity contribution in [3.05, 3.63) is 41.3 Å². The monoisotopic (exact) mass is 282 g/mol.